The van der Waals surface area contributed by atoms with Gasteiger partial charge in [0.15, 0.2) is 6.61 Å². The first-order valence-corrected chi connectivity index (χ1v) is 13.9. The average molecular weight is 557 g/mol. The molecule has 4 aliphatic rings. The number of hydrogen-bond acceptors (Lipinski definition) is 5. The van der Waals surface area contributed by atoms with Gasteiger partial charge in [0.25, 0.3) is 5.91 Å². The van der Waals surface area contributed by atoms with Crippen LogP contribution in [0.1, 0.15) is 54.4 Å². The molecule has 8 heteroatoms. The highest BCUT2D eigenvalue weighted by molar-refractivity contribution is 6.33. The maximum absolute atomic E-state index is 14.1. The van der Waals surface area contributed by atoms with Crippen molar-refractivity contribution in [1.29, 1.82) is 0 Å². The lowest BCUT2D eigenvalue weighted by Gasteiger charge is -2.45. The summed E-state index contributed by atoms with van der Waals surface area (Å²) >= 11 is 6.11. The Hall–Kier alpha value is -3.97. The Labute approximate surface area is 237 Å². The Morgan fingerprint density at radius 2 is 1.30 bits per heavy atom. The second-order valence-corrected chi connectivity index (χ2v) is 11.5. The van der Waals surface area contributed by atoms with Crippen molar-refractivity contribution < 1.29 is 23.9 Å². The molecule has 0 radical (unpaired) electrons. The maximum atomic E-state index is 14.1. The molecule has 1 heterocycles. The Kier molecular flexibility index (Phi) is 6.70. The molecule has 0 saturated carbocycles. The number of amides is 3. The molecule has 2 bridgehead atoms. The summed E-state index contributed by atoms with van der Waals surface area (Å²) in [7, 11) is 0. The van der Waals surface area contributed by atoms with Gasteiger partial charge in [-0.05, 0) is 46.7 Å². The molecule has 7 nitrogen and oxygen atoms in total. The largest absolute Gasteiger partial charge is 0.454 e. The van der Waals surface area contributed by atoms with Gasteiger partial charge < -0.3 is 10.1 Å². The van der Waals surface area contributed by atoms with Crippen LogP contribution in [0, 0.1) is 17.8 Å². The summed E-state index contributed by atoms with van der Waals surface area (Å²) in [5, 5.41) is 2.97. The molecule has 7 rings (SSSR count). The molecule has 3 aromatic carbocycles. The SMILES string of the molecule is CC(C)C[C@H](C(=O)OCC(=O)Nc1ccccc1Cl)N1C(=O)[C@H]2C3c4ccccc4C(c4ccccc43)[C@@H]2C1=O. The molecule has 3 atom stereocenters. The predicted octanol–water partition coefficient (Wildman–Crippen LogP) is 5.13. The summed E-state index contributed by atoms with van der Waals surface area (Å²) in [5.74, 6) is -3.76. The molecule has 40 heavy (non-hydrogen) atoms. The first-order valence-electron chi connectivity index (χ1n) is 13.5. The van der Waals surface area contributed by atoms with Crippen molar-refractivity contribution in [2.45, 2.75) is 38.1 Å². The Balaban J connectivity index is 1.28. The first-order chi connectivity index (χ1) is 19.3. The van der Waals surface area contributed by atoms with Crippen LogP contribution in [0.15, 0.2) is 72.8 Å². The van der Waals surface area contributed by atoms with Gasteiger partial charge >= 0.3 is 5.97 Å². The minimum Gasteiger partial charge on any atom is -0.454 e. The van der Waals surface area contributed by atoms with Crippen LogP contribution >= 0.6 is 11.6 Å². The summed E-state index contributed by atoms with van der Waals surface area (Å²) in [6.07, 6.45) is 0.233. The number of esters is 1. The molecule has 1 fully saturated rings. The number of anilines is 1. The van der Waals surface area contributed by atoms with E-state index in [1.807, 2.05) is 62.4 Å². The van der Waals surface area contributed by atoms with Gasteiger partial charge in [0.1, 0.15) is 6.04 Å². The molecule has 3 aromatic rings. The summed E-state index contributed by atoms with van der Waals surface area (Å²) in [6, 6.07) is 21.6. The van der Waals surface area contributed by atoms with Crippen LogP contribution in [0.4, 0.5) is 5.69 Å². The molecule has 0 aromatic heterocycles. The number of nitrogens with one attached hydrogen (secondary N) is 1. The predicted molar refractivity (Wildman–Crippen MR) is 150 cm³/mol. The van der Waals surface area contributed by atoms with E-state index >= 15 is 0 Å². The number of rotatable bonds is 7. The number of halogens is 1. The zero-order valence-corrected chi connectivity index (χ0v) is 22.9. The summed E-state index contributed by atoms with van der Waals surface area (Å²) in [4.78, 5) is 55.3. The van der Waals surface area contributed by atoms with E-state index < -0.39 is 36.4 Å². The highest BCUT2D eigenvalue weighted by Gasteiger charge is 2.63. The van der Waals surface area contributed by atoms with Crippen LogP contribution in [0.25, 0.3) is 0 Å². The minimum atomic E-state index is -1.12. The number of carbonyl (C=O) groups is 4. The Morgan fingerprint density at radius 3 is 1.77 bits per heavy atom. The normalized spacial score (nSPS) is 22.9. The molecular weight excluding hydrogens is 528 g/mol. The lowest BCUT2D eigenvalue weighted by atomic mass is 9.55. The summed E-state index contributed by atoms with van der Waals surface area (Å²) in [5.41, 5.74) is 4.65. The monoisotopic (exact) mass is 556 g/mol. The van der Waals surface area contributed by atoms with E-state index in [9.17, 15) is 19.2 Å². The van der Waals surface area contributed by atoms with Gasteiger partial charge in [0, 0.05) is 11.8 Å². The van der Waals surface area contributed by atoms with Crippen molar-refractivity contribution in [3.05, 3.63) is 100 Å². The zero-order chi connectivity index (χ0) is 28.1. The van der Waals surface area contributed by atoms with Gasteiger partial charge in [-0.25, -0.2) is 4.79 Å². The van der Waals surface area contributed by atoms with Crippen LogP contribution in [-0.2, 0) is 23.9 Å². The summed E-state index contributed by atoms with van der Waals surface area (Å²) in [6.45, 7) is 3.26. The average Bonchev–Trinajstić information content (AvgIpc) is 3.21. The second-order valence-electron chi connectivity index (χ2n) is 11.1. The van der Waals surface area contributed by atoms with Crippen LogP contribution in [-0.4, -0.2) is 41.2 Å². The molecule has 3 amide bonds. The second kappa shape index (κ2) is 10.2. The molecule has 0 spiro atoms. The van der Waals surface area contributed by atoms with E-state index in [1.165, 1.54) is 0 Å². The smallest absolute Gasteiger partial charge is 0.329 e. The van der Waals surface area contributed by atoms with Crippen molar-refractivity contribution in [3.8, 4) is 0 Å². The topological polar surface area (TPSA) is 92.8 Å². The third-order valence-corrected chi connectivity index (χ3v) is 8.58. The van der Waals surface area contributed by atoms with Crippen molar-refractivity contribution in [1.82, 2.24) is 4.90 Å². The number of likely N-dealkylation sites (tertiary alicyclic amines) is 1. The third-order valence-electron chi connectivity index (χ3n) is 8.25. The summed E-state index contributed by atoms with van der Waals surface area (Å²) < 4.78 is 5.39. The lowest BCUT2D eigenvalue weighted by Crippen LogP contribution is -2.47. The van der Waals surface area contributed by atoms with Crippen molar-refractivity contribution in [2.75, 3.05) is 11.9 Å². The van der Waals surface area contributed by atoms with Gasteiger partial charge in [-0.1, -0.05) is 86.1 Å². The van der Waals surface area contributed by atoms with Gasteiger partial charge in [-0.15, -0.1) is 0 Å². The van der Waals surface area contributed by atoms with Crippen LogP contribution in [0.5, 0.6) is 0 Å². The van der Waals surface area contributed by atoms with Crippen LogP contribution < -0.4 is 5.32 Å². The van der Waals surface area contributed by atoms with Crippen molar-refractivity contribution in [2.24, 2.45) is 17.8 Å². The highest BCUT2D eigenvalue weighted by atomic mass is 35.5. The number of imide groups is 1. The molecular formula is C32H29ClN2O5. The molecule has 1 N–H and O–H groups in total. The van der Waals surface area contributed by atoms with Crippen molar-refractivity contribution >= 4 is 41.0 Å². The van der Waals surface area contributed by atoms with Crippen LogP contribution in [0.3, 0.4) is 0 Å². The number of ether oxygens (including phenoxy) is 1. The number of carbonyl (C=O) groups excluding carboxylic acids is 4. The quantitative estimate of drug-likeness (QED) is 0.322. The molecule has 3 aliphatic carbocycles. The molecule has 204 valence electrons. The first kappa shape index (κ1) is 26.3. The van der Waals surface area contributed by atoms with E-state index in [2.05, 4.69) is 5.32 Å². The Morgan fingerprint density at radius 1 is 0.825 bits per heavy atom. The fraction of sp³-hybridized carbons (Fsp3) is 0.312. The number of nitrogens with zero attached hydrogens (tertiary/aromatic N) is 1. The fourth-order valence-corrected chi connectivity index (χ4v) is 6.93. The number of para-hydroxylation sites is 1. The van der Waals surface area contributed by atoms with Crippen LogP contribution in [0.2, 0.25) is 5.02 Å². The van der Waals surface area contributed by atoms with E-state index in [-0.39, 0.29) is 36.0 Å². The maximum Gasteiger partial charge on any atom is 0.329 e. The lowest BCUT2D eigenvalue weighted by molar-refractivity contribution is -0.160. The number of benzene rings is 3. The minimum absolute atomic E-state index is 0.0103. The van der Waals surface area contributed by atoms with Crippen molar-refractivity contribution in [3.63, 3.8) is 0 Å². The van der Waals surface area contributed by atoms with Gasteiger partial charge in [0.2, 0.25) is 11.8 Å². The zero-order valence-electron chi connectivity index (χ0n) is 22.2. The molecule has 0 unspecified atom stereocenters. The Bertz CT molecular complexity index is 1420. The van der Waals surface area contributed by atoms with Gasteiger partial charge in [-0.2, -0.15) is 0 Å². The highest BCUT2D eigenvalue weighted by Crippen LogP contribution is 2.61. The van der Waals surface area contributed by atoms with E-state index in [4.69, 9.17) is 16.3 Å². The van der Waals surface area contributed by atoms with E-state index in [0.29, 0.717) is 10.7 Å². The molecule has 1 saturated heterocycles. The fourth-order valence-electron chi connectivity index (χ4n) is 6.74. The van der Waals surface area contributed by atoms with E-state index in [1.54, 1.807) is 24.3 Å². The standard InChI is InChI=1S/C32H29ClN2O5/c1-17(2)15-24(32(39)40-16-25(36)34-23-14-8-7-13-22(23)33)35-30(37)28-26-18-9-3-4-10-19(18)27(29(28)31(35)38)21-12-6-5-11-20(21)26/h3-14,17,24,26-29H,15-16H2,1-2H3,(H,34,36)/t24-,26?,27?,28+,29+/m1/s1. The van der Waals surface area contributed by atoms with E-state index in [0.717, 1.165) is 27.2 Å². The van der Waals surface area contributed by atoms with Gasteiger partial charge in [0.05, 0.1) is 22.5 Å². The number of hydrogen-bond donors (Lipinski definition) is 1. The molecule has 1 aliphatic heterocycles. The van der Waals surface area contributed by atoms with Gasteiger partial charge in [-0.3, -0.25) is 19.3 Å². The third kappa shape index (κ3) is 4.20.